The average Bonchev–Trinajstić information content (AvgIpc) is 2.45. The van der Waals surface area contributed by atoms with Crippen LogP contribution in [0.4, 0.5) is 4.79 Å². The Kier molecular flexibility index (Phi) is 4.09. The first kappa shape index (κ1) is 13.5. The number of unbranched alkanes of at least 4 members (excludes halogenated alkanes) is 1. The Bertz CT molecular complexity index is 343. The Morgan fingerprint density at radius 1 is 1.47 bits per heavy atom. The topological polar surface area (TPSA) is 92.5 Å². The van der Waals surface area contributed by atoms with Crippen molar-refractivity contribution in [2.75, 3.05) is 6.54 Å². The molecule has 1 saturated heterocycles. The first-order valence-electron chi connectivity index (χ1n) is 5.83. The van der Waals surface area contributed by atoms with Gasteiger partial charge in [-0.05, 0) is 13.3 Å². The predicted molar refractivity (Wildman–Crippen MR) is 62.0 cm³/mol. The fraction of sp³-hybridized carbons (Fsp3) is 0.727. The van der Waals surface area contributed by atoms with Crippen LogP contribution in [-0.4, -0.2) is 34.8 Å². The number of rotatable bonds is 6. The molecular weight excluding hydrogens is 222 g/mol. The van der Waals surface area contributed by atoms with E-state index in [0.29, 0.717) is 6.42 Å². The van der Waals surface area contributed by atoms with E-state index >= 15 is 0 Å². The van der Waals surface area contributed by atoms with Crippen LogP contribution >= 0.6 is 0 Å². The maximum atomic E-state index is 12.0. The molecule has 6 nitrogen and oxygen atoms in total. The highest BCUT2D eigenvalue weighted by Crippen LogP contribution is 2.23. The van der Waals surface area contributed by atoms with Gasteiger partial charge in [-0.1, -0.05) is 19.8 Å². The van der Waals surface area contributed by atoms with Gasteiger partial charge in [0.2, 0.25) is 5.91 Å². The van der Waals surface area contributed by atoms with Crippen LogP contribution in [0.15, 0.2) is 0 Å². The number of hydrogen-bond donors (Lipinski definition) is 2. The number of imide groups is 1. The smallest absolute Gasteiger partial charge is 0.325 e. The van der Waals surface area contributed by atoms with Crippen LogP contribution in [0.2, 0.25) is 0 Å². The second-order valence-corrected chi connectivity index (χ2v) is 4.54. The summed E-state index contributed by atoms with van der Waals surface area (Å²) in [6.45, 7) is 3.80. The van der Waals surface area contributed by atoms with Crippen LogP contribution in [0.25, 0.3) is 0 Å². The molecule has 0 spiro atoms. The lowest BCUT2D eigenvalue weighted by Gasteiger charge is -2.21. The Morgan fingerprint density at radius 2 is 2.12 bits per heavy atom. The summed E-state index contributed by atoms with van der Waals surface area (Å²) in [6, 6.07) is -0.435. The summed E-state index contributed by atoms with van der Waals surface area (Å²) in [5, 5.41) is 2.67. The standard InChI is InChI=1S/C11H19N3O3/c1-3-4-6-11(2)9(16)14(10(17)13-11)7-5-8(12)15/h3-7H2,1-2H3,(H2,12,15)(H,13,17). The molecule has 1 heterocycles. The molecule has 6 heteroatoms. The van der Waals surface area contributed by atoms with Crippen molar-refractivity contribution in [1.29, 1.82) is 0 Å². The second-order valence-electron chi connectivity index (χ2n) is 4.54. The minimum absolute atomic E-state index is 0.00299. The number of hydrogen-bond acceptors (Lipinski definition) is 3. The summed E-state index contributed by atoms with van der Waals surface area (Å²) in [6.07, 6.45) is 2.44. The van der Waals surface area contributed by atoms with E-state index in [4.69, 9.17) is 5.73 Å². The highest BCUT2D eigenvalue weighted by atomic mass is 16.2. The lowest BCUT2D eigenvalue weighted by atomic mass is 9.95. The molecule has 17 heavy (non-hydrogen) atoms. The number of carbonyl (C=O) groups is 3. The summed E-state index contributed by atoms with van der Waals surface area (Å²) >= 11 is 0. The maximum absolute atomic E-state index is 12.0. The van der Waals surface area contributed by atoms with Crippen LogP contribution in [-0.2, 0) is 9.59 Å². The monoisotopic (exact) mass is 241 g/mol. The van der Waals surface area contributed by atoms with Crippen LogP contribution in [0.5, 0.6) is 0 Å². The zero-order valence-electron chi connectivity index (χ0n) is 10.3. The van der Waals surface area contributed by atoms with Gasteiger partial charge in [-0.25, -0.2) is 4.79 Å². The first-order valence-corrected chi connectivity index (χ1v) is 5.83. The predicted octanol–water partition coefficient (Wildman–Crippen LogP) is 0.363. The van der Waals surface area contributed by atoms with E-state index in [1.165, 1.54) is 0 Å². The lowest BCUT2D eigenvalue weighted by molar-refractivity contribution is -0.131. The van der Waals surface area contributed by atoms with Crippen molar-refractivity contribution in [2.24, 2.45) is 5.73 Å². The van der Waals surface area contributed by atoms with Gasteiger partial charge in [-0.2, -0.15) is 0 Å². The molecule has 1 aliphatic heterocycles. The number of nitrogens with zero attached hydrogens (tertiary/aromatic N) is 1. The molecule has 0 bridgehead atoms. The van der Waals surface area contributed by atoms with Gasteiger partial charge in [-0.15, -0.1) is 0 Å². The van der Waals surface area contributed by atoms with E-state index < -0.39 is 17.5 Å². The van der Waals surface area contributed by atoms with Crippen LogP contribution in [0.1, 0.15) is 39.5 Å². The fourth-order valence-electron chi connectivity index (χ4n) is 1.87. The zero-order valence-corrected chi connectivity index (χ0v) is 10.3. The summed E-state index contributed by atoms with van der Waals surface area (Å²) < 4.78 is 0. The quantitative estimate of drug-likeness (QED) is 0.658. The van der Waals surface area contributed by atoms with Gasteiger partial charge >= 0.3 is 6.03 Å². The third-order valence-corrected chi connectivity index (χ3v) is 2.96. The Morgan fingerprint density at radius 3 is 2.65 bits per heavy atom. The Hall–Kier alpha value is -1.59. The SMILES string of the molecule is CCCCC1(C)NC(=O)N(CCC(N)=O)C1=O. The average molecular weight is 241 g/mol. The molecule has 1 aliphatic rings. The molecule has 96 valence electrons. The molecule has 3 N–H and O–H groups in total. The third-order valence-electron chi connectivity index (χ3n) is 2.96. The molecule has 0 aromatic carbocycles. The number of carbonyl (C=O) groups excluding carboxylic acids is 3. The van der Waals surface area contributed by atoms with Crippen LogP contribution in [0.3, 0.4) is 0 Å². The Labute approximate surface area is 101 Å². The molecule has 0 aromatic rings. The van der Waals surface area contributed by atoms with Crippen molar-refractivity contribution in [3.63, 3.8) is 0 Å². The molecule has 1 rings (SSSR count). The highest BCUT2D eigenvalue weighted by molar-refractivity contribution is 6.06. The van der Waals surface area contributed by atoms with Crippen molar-refractivity contribution < 1.29 is 14.4 Å². The first-order chi connectivity index (χ1) is 7.90. The van der Waals surface area contributed by atoms with Crippen molar-refractivity contribution in [1.82, 2.24) is 10.2 Å². The van der Waals surface area contributed by atoms with Crippen molar-refractivity contribution >= 4 is 17.8 Å². The lowest BCUT2D eigenvalue weighted by Crippen LogP contribution is -2.44. The van der Waals surface area contributed by atoms with Gasteiger partial charge in [0.25, 0.3) is 5.91 Å². The largest absolute Gasteiger partial charge is 0.370 e. The van der Waals surface area contributed by atoms with E-state index in [0.717, 1.165) is 17.7 Å². The number of primary amides is 1. The molecule has 0 radical (unpaired) electrons. The minimum atomic E-state index is -0.829. The van der Waals surface area contributed by atoms with Crippen LogP contribution in [0, 0.1) is 0 Å². The zero-order chi connectivity index (χ0) is 13.1. The van der Waals surface area contributed by atoms with E-state index in [1.807, 2.05) is 6.92 Å². The summed E-state index contributed by atoms with van der Waals surface area (Å²) in [7, 11) is 0. The number of nitrogens with two attached hydrogens (primary N) is 1. The van der Waals surface area contributed by atoms with E-state index in [1.54, 1.807) is 6.92 Å². The van der Waals surface area contributed by atoms with E-state index in [2.05, 4.69) is 5.32 Å². The molecule has 0 aliphatic carbocycles. The molecule has 0 aromatic heterocycles. The van der Waals surface area contributed by atoms with Gasteiger partial charge in [0.05, 0.1) is 0 Å². The Balaban J connectivity index is 2.67. The number of amides is 4. The fourth-order valence-corrected chi connectivity index (χ4v) is 1.87. The number of nitrogens with one attached hydrogen (secondary N) is 1. The van der Waals surface area contributed by atoms with E-state index in [9.17, 15) is 14.4 Å². The summed E-state index contributed by atoms with van der Waals surface area (Å²) in [4.78, 5) is 35.4. The molecule has 0 saturated carbocycles. The van der Waals surface area contributed by atoms with Crippen molar-refractivity contribution in [2.45, 2.75) is 45.1 Å². The van der Waals surface area contributed by atoms with Crippen molar-refractivity contribution in [3.05, 3.63) is 0 Å². The van der Waals surface area contributed by atoms with Crippen LogP contribution < -0.4 is 11.1 Å². The second kappa shape index (κ2) is 5.16. The van der Waals surface area contributed by atoms with Crippen molar-refractivity contribution in [3.8, 4) is 0 Å². The van der Waals surface area contributed by atoms with Gasteiger partial charge in [0, 0.05) is 13.0 Å². The molecular formula is C11H19N3O3. The normalized spacial score (nSPS) is 24.0. The maximum Gasteiger partial charge on any atom is 0.325 e. The molecule has 1 atom stereocenters. The van der Waals surface area contributed by atoms with E-state index in [-0.39, 0.29) is 18.9 Å². The molecule has 1 fully saturated rings. The minimum Gasteiger partial charge on any atom is -0.370 e. The summed E-state index contributed by atoms with van der Waals surface area (Å²) in [5.74, 6) is -0.787. The number of urea groups is 1. The summed E-state index contributed by atoms with van der Waals surface area (Å²) in [5.41, 5.74) is 4.17. The molecule has 1 unspecified atom stereocenters. The van der Waals surface area contributed by atoms with Gasteiger partial charge in [-0.3, -0.25) is 14.5 Å². The molecule has 4 amide bonds. The van der Waals surface area contributed by atoms with Gasteiger partial charge in [0.15, 0.2) is 0 Å². The highest BCUT2D eigenvalue weighted by Gasteiger charge is 2.46. The van der Waals surface area contributed by atoms with Gasteiger partial charge < -0.3 is 11.1 Å². The third kappa shape index (κ3) is 2.95. The van der Waals surface area contributed by atoms with Gasteiger partial charge in [0.1, 0.15) is 5.54 Å².